The normalized spacial score (nSPS) is 12.3. The number of ketones is 2. The molecule has 0 spiro atoms. The van der Waals surface area contributed by atoms with Crippen LogP contribution < -0.4 is 0 Å². The molecule has 0 unspecified atom stereocenters. The molecule has 0 saturated carbocycles. The summed E-state index contributed by atoms with van der Waals surface area (Å²) in [6, 6.07) is 32.2. The van der Waals surface area contributed by atoms with E-state index in [9.17, 15) is 14.4 Å². The number of hydrogen-bond acceptors (Lipinski definition) is 3. The fraction of sp³-hybridized carbons (Fsp3) is 0.0606. The third kappa shape index (κ3) is 3.49. The zero-order valence-corrected chi connectivity index (χ0v) is 20.5. The third-order valence-corrected chi connectivity index (χ3v) is 6.96. The van der Waals surface area contributed by atoms with Gasteiger partial charge < -0.3 is 4.90 Å². The third-order valence-electron chi connectivity index (χ3n) is 6.96. The van der Waals surface area contributed by atoms with Gasteiger partial charge in [-0.3, -0.25) is 14.4 Å². The highest BCUT2D eigenvalue weighted by atomic mass is 16.2. The van der Waals surface area contributed by atoms with E-state index in [1.807, 2.05) is 84.9 Å². The summed E-state index contributed by atoms with van der Waals surface area (Å²) < 4.78 is 0. The topological polar surface area (TPSA) is 54.5 Å². The Balaban J connectivity index is 1.76. The number of carbonyl (C=O) groups excluding carboxylic acids is 3. The Bertz CT molecular complexity index is 1740. The van der Waals surface area contributed by atoms with Gasteiger partial charge in [-0.15, -0.1) is 0 Å². The minimum Gasteiger partial charge on any atom is -0.345 e. The molecule has 178 valence electrons. The van der Waals surface area contributed by atoms with Crippen LogP contribution in [0, 0.1) is 0 Å². The summed E-state index contributed by atoms with van der Waals surface area (Å²) in [5.41, 5.74) is 4.97. The van der Waals surface area contributed by atoms with Crippen LogP contribution in [0.3, 0.4) is 0 Å². The molecule has 0 bridgehead atoms. The molecule has 5 aromatic rings. The lowest BCUT2D eigenvalue weighted by atomic mass is 9.74. The summed E-state index contributed by atoms with van der Waals surface area (Å²) in [6.07, 6.45) is 0. The van der Waals surface area contributed by atoms with E-state index in [1.165, 1.54) is 4.90 Å². The van der Waals surface area contributed by atoms with Crippen LogP contribution >= 0.6 is 0 Å². The maximum absolute atomic E-state index is 14.3. The van der Waals surface area contributed by atoms with E-state index in [4.69, 9.17) is 0 Å². The van der Waals surface area contributed by atoms with Crippen molar-refractivity contribution < 1.29 is 14.4 Å². The van der Waals surface area contributed by atoms with Gasteiger partial charge in [0.25, 0.3) is 5.91 Å². The van der Waals surface area contributed by atoms with Gasteiger partial charge >= 0.3 is 0 Å². The Labute approximate surface area is 214 Å². The first-order chi connectivity index (χ1) is 18.0. The number of benzene rings is 5. The van der Waals surface area contributed by atoms with Crippen LogP contribution in [0.5, 0.6) is 0 Å². The van der Waals surface area contributed by atoms with Gasteiger partial charge in [-0.2, -0.15) is 0 Å². The van der Waals surface area contributed by atoms with Crippen molar-refractivity contribution in [3.8, 4) is 22.3 Å². The smallest absolute Gasteiger partial charge is 0.253 e. The van der Waals surface area contributed by atoms with E-state index in [0.717, 1.165) is 33.0 Å². The van der Waals surface area contributed by atoms with Crippen molar-refractivity contribution in [3.63, 3.8) is 0 Å². The SMILES string of the molecule is CN(C)C(=O)c1ccc2c(c1)C(=O)c1c(c(-c3ccccc3)c3ccccc3c1-c1ccccc1)C2=O. The summed E-state index contributed by atoms with van der Waals surface area (Å²) in [7, 11) is 3.33. The highest BCUT2D eigenvalue weighted by molar-refractivity contribution is 6.35. The second kappa shape index (κ2) is 8.68. The number of amides is 1. The average molecular weight is 482 g/mol. The molecule has 0 saturated heterocycles. The molecule has 1 aliphatic carbocycles. The largest absolute Gasteiger partial charge is 0.345 e. The molecule has 0 aromatic heterocycles. The molecule has 0 aliphatic heterocycles. The maximum atomic E-state index is 14.3. The lowest BCUT2D eigenvalue weighted by Crippen LogP contribution is -2.26. The molecule has 4 heteroatoms. The molecule has 0 radical (unpaired) electrons. The molecule has 5 aromatic carbocycles. The van der Waals surface area contributed by atoms with E-state index in [2.05, 4.69) is 0 Å². The first kappa shape index (κ1) is 22.6. The van der Waals surface area contributed by atoms with Gasteiger partial charge in [0.2, 0.25) is 0 Å². The molecule has 0 N–H and O–H groups in total. The highest BCUT2D eigenvalue weighted by Crippen LogP contribution is 2.45. The molecule has 1 aliphatic rings. The molecule has 6 rings (SSSR count). The number of carbonyl (C=O) groups is 3. The second-order valence-corrected chi connectivity index (χ2v) is 9.40. The van der Waals surface area contributed by atoms with Gasteiger partial charge in [0.1, 0.15) is 0 Å². The van der Waals surface area contributed by atoms with Gasteiger partial charge in [-0.05, 0) is 40.1 Å². The quantitative estimate of drug-likeness (QED) is 0.284. The van der Waals surface area contributed by atoms with Crippen LogP contribution in [-0.4, -0.2) is 36.5 Å². The number of nitrogens with zero attached hydrogens (tertiary/aromatic N) is 1. The van der Waals surface area contributed by atoms with Gasteiger partial charge in [-0.25, -0.2) is 0 Å². The van der Waals surface area contributed by atoms with Gasteiger partial charge in [0.15, 0.2) is 11.6 Å². The summed E-state index contributed by atoms with van der Waals surface area (Å²) in [6.45, 7) is 0. The van der Waals surface area contributed by atoms with Crippen molar-refractivity contribution in [3.05, 3.63) is 131 Å². The predicted octanol–water partition coefficient (Wildman–Crippen LogP) is 6.65. The van der Waals surface area contributed by atoms with Crippen molar-refractivity contribution in [1.29, 1.82) is 0 Å². The first-order valence-electron chi connectivity index (χ1n) is 12.1. The molecule has 1 amide bonds. The van der Waals surface area contributed by atoms with Crippen LogP contribution in [0.15, 0.2) is 103 Å². The van der Waals surface area contributed by atoms with Crippen LogP contribution in [0.1, 0.15) is 42.2 Å². The molecule has 4 nitrogen and oxygen atoms in total. The number of hydrogen-bond donors (Lipinski definition) is 0. The Morgan fingerprint density at radius 3 is 1.49 bits per heavy atom. The van der Waals surface area contributed by atoms with E-state index in [-0.39, 0.29) is 23.0 Å². The van der Waals surface area contributed by atoms with Gasteiger partial charge in [-0.1, -0.05) is 84.9 Å². The molecular formula is C33H23NO3. The lowest BCUT2D eigenvalue weighted by Gasteiger charge is -2.26. The molecule has 0 fully saturated rings. The van der Waals surface area contributed by atoms with Crippen molar-refractivity contribution in [1.82, 2.24) is 4.90 Å². The van der Waals surface area contributed by atoms with Crippen molar-refractivity contribution in [2.24, 2.45) is 0 Å². The van der Waals surface area contributed by atoms with Crippen LogP contribution in [0.2, 0.25) is 0 Å². The monoisotopic (exact) mass is 481 g/mol. The Hall–Kier alpha value is -4.83. The van der Waals surface area contributed by atoms with E-state index in [0.29, 0.717) is 22.3 Å². The zero-order chi connectivity index (χ0) is 25.7. The van der Waals surface area contributed by atoms with E-state index < -0.39 is 0 Å². The number of rotatable bonds is 3. The summed E-state index contributed by atoms with van der Waals surface area (Å²) in [5.74, 6) is -0.685. The average Bonchev–Trinajstić information content (AvgIpc) is 2.94. The van der Waals surface area contributed by atoms with Gasteiger partial charge in [0, 0.05) is 53.0 Å². The Morgan fingerprint density at radius 2 is 1.00 bits per heavy atom. The second-order valence-electron chi connectivity index (χ2n) is 9.40. The highest BCUT2D eigenvalue weighted by Gasteiger charge is 2.36. The lowest BCUT2D eigenvalue weighted by molar-refractivity contribution is 0.0827. The summed E-state index contributed by atoms with van der Waals surface area (Å²) in [4.78, 5) is 42.7. The first-order valence-corrected chi connectivity index (χ1v) is 12.1. The Kier molecular flexibility index (Phi) is 5.31. The van der Waals surface area contributed by atoms with Crippen LogP contribution in [-0.2, 0) is 0 Å². The fourth-order valence-corrected chi connectivity index (χ4v) is 5.29. The molecular weight excluding hydrogens is 458 g/mol. The standard InChI is InChI=1S/C33H23NO3/c1-34(2)33(37)22-17-18-25-26(19-22)32(36)30-28(21-13-7-4-8-14-21)24-16-10-9-15-23(24)27(29(30)31(25)35)20-11-5-3-6-12-20/h3-19H,1-2H3. The minimum absolute atomic E-state index is 0.213. The van der Waals surface area contributed by atoms with E-state index in [1.54, 1.807) is 32.3 Å². The van der Waals surface area contributed by atoms with Crippen molar-refractivity contribution >= 4 is 28.2 Å². The molecule has 0 heterocycles. The van der Waals surface area contributed by atoms with Gasteiger partial charge in [0.05, 0.1) is 0 Å². The predicted molar refractivity (Wildman–Crippen MR) is 146 cm³/mol. The maximum Gasteiger partial charge on any atom is 0.253 e. The summed E-state index contributed by atoms with van der Waals surface area (Å²) in [5, 5.41) is 1.81. The molecule has 37 heavy (non-hydrogen) atoms. The minimum atomic E-state index is -0.250. The fourth-order valence-electron chi connectivity index (χ4n) is 5.29. The van der Waals surface area contributed by atoms with Crippen molar-refractivity contribution in [2.75, 3.05) is 14.1 Å². The number of fused-ring (bicyclic) bond motifs is 3. The van der Waals surface area contributed by atoms with Crippen LogP contribution in [0.4, 0.5) is 0 Å². The zero-order valence-electron chi connectivity index (χ0n) is 20.5. The summed E-state index contributed by atoms with van der Waals surface area (Å²) >= 11 is 0. The van der Waals surface area contributed by atoms with Crippen molar-refractivity contribution in [2.45, 2.75) is 0 Å². The molecule has 0 atom stereocenters. The van der Waals surface area contributed by atoms with Crippen LogP contribution in [0.25, 0.3) is 33.0 Å². The Morgan fingerprint density at radius 1 is 0.541 bits per heavy atom. The van der Waals surface area contributed by atoms with E-state index >= 15 is 0 Å².